The summed E-state index contributed by atoms with van der Waals surface area (Å²) >= 11 is 0. The maximum atomic E-state index is 11.8. The van der Waals surface area contributed by atoms with E-state index >= 15 is 0 Å². The molecule has 0 bridgehead atoms. The zero-order valence-electron chi connectivity index (χ0n) is 10.9. The largest absolute Gasteiger partial charge is 0.481 e. The van der Waals surface area contributed by atoms with Crippen LogP contribution in [0.4, 0.5) is 0 Å². The van der Waals surface area contributed by atoms with Crippen LogP contribution in [0, 0.1) is 12.3 Å². The molecular weight excluding hydrogens is 248 g/mol. The van der Waals surface area contributed by atoms with E-state index in [-0.39, 0.29) is 18.1 Å². The Labute approximate surface area is 111 Å². The Balaban J connectivity index is 1.99. The Morgan fingerprint density at radius 3 is 2.63 bits per heavy atom. The van der Waals surface area contributed by atoms with Crippen LogP contribution in [0.5, 0.6) is 0 Å². The minimum atomic E-state index is -0.830. The lowest BCUT2D eigenvalue weighted by molar-refractivity contribution is -0.150. The van der Waals surface area contributed by atoms with Gasteiger partial charge in [-0.2, -0.15) is 0 Å². The minimum Gasteiger partial charge on any atom is -0.481 e. The average Bonchev–Trinajstić information content (AvgIpc) is 2.83. The van der Waals surface area contributed by atoms with Crippen LogP contribution in [0.2, 0.25) is 0 Å². The molecule has 0 atom stereocenters. The van der Waals surface area contributed by atoms with Crippen molar-refractivity contribution in [1.82, 2.24) is 10.5 Å². The Morgan fingerprint density at radius 2 is 2.11 bits per heavy atom. The fourth-order valence-corrected chi connectivity index (χ4v) is 2.51. The van der Waals surface area contributed by atoms with Crippen LogP contribution in [0.15, 0.2) is 10.6 Å². The second kappa shape index (κ2) is 5.42. The SMILES string of the molecule is Cc1cc(C(=O)NCC2(C(=O)O)CCCCC2)no1. The van der Waals surface area contributed by atoms with E-state index in [1.54, 1.807) is 6.92 Å². The first-order valence-electron chi connectivity index (χ1n) is 6.48. The maximum absolute atomic E-state index is 11.8. The Kier molecular flexibility index (Phi) is 3.87. The third-order valence-electron chi connectivity index (χ3n) is 3.71. The van der Waals surface area contributed by atoms with Gasteiger partial charge in [-0.15, -0.1) is 0 Å². The summed E-state index contributed by atoms with van der Waals surface area (Å²) in [6.45, 7) is 1.84. The van der Waals surface area contributed by atoms with Crippen molar-refractivity contribution in [3.05, 3.63) is 17.5 Å². The van der Waals surface area contributed by atoms with E-state index in [0.717, 1.165) is 19.3 Å². The summed E-state index contributed by atoms with van der Waals surface area (Å²) in [4.78, 5) is 23.3. The number of carboxylic acids is 1. The smallest absolute Gasteiger partial charge is 0.311 e. The molecule has 104 valence electrons. The van der Waals surface area contributed by atoms with E-state index in [0.29, 0.717) is 18.6 Å². The first-order valence-corrected chi connectivity index (χ1v) is 6.48. The molecule has 1 aliphatic rings. The van der Waals surface area contributed by atoms with Gasteiger partial charge in [0.05, 0.1) is 5.41 Å². The summed E-state index contributed by atoms with van der Waals surface area (Å²) in [5.74, 6) is -0.664. The third kappa shape index (κ3) is 2.94. The molecule has 0 saturated heterocycles. The summed E-state index contributed by atoms with van der Waals surface area (Å²) in [5, 5.41) is 15.7. The summed E-state index contributed by atoms with van der Waals surface area (Å²) in [6, 6.07) is 1.53. The lowest BCUT2D eigenvalue weighted by atomic mass is 9.74. The summed E-state index contributed by atoms with van der Waals surface area (Å²) in [7, 11) is 0. The molecule has 1 saturated carbocycles. The van der Waals surface area contributed by atoms with Crippen LogP contribution in [0.1, 0.15) is 48.4 Å². The van der Waals surface area contributed by atoms with Crippen molar-refractivity contribution >= 4 is 11.9 Å². The molecule has 1 fully saturated rings. The van der Waals surface area contributed by atoms with Crippen LogP contribution < -0.4 is 5.32 Å². The average molecular weight is 266 g/mol. The van der Waals surface area contributed by atoms with Gasteiger partial charge in [-0.05, 0) is 19.8 Å². The number of hydrogen-bond acceptors (Lipinski definition) is 4. The molecular formula is C13H18N2O4. The molecule has 2 N–H and O–H groups in total. The van der Waals surface area contributed by atoms with Crippen molar-refractivity contribution in [2.24, 2.45) is 5.41 Å². The van der Waals surface area contributed by atoms with Crippen LogP contribution in [-0.4, -0.2) is 28.7 Å². The molecule has 1 aromatic heterocycles. The molecule has 6 nitrogen and oxygen atoms in total. The molecule has 0 aromatic carbocycles. The predicted molar refractivity (Wildman–Crippen MR) is 66.7 cm³/mol. The maximum Gasteiger partial charge on any atom is 0.311 e. The molecule has 0 radical (unpaired) electrons. The van der Waals surface area contributed by atoms with Crippen molar-refractivity contribution in [2.45, 2.75) is 39.0 Å². The van der Waals surface area contributed by atoms with Crippen molar-refractivity contribution < 1.29 is 19.2 Å². The minimum absolute atomic E-state index is 0.146. The van der Waals surface area contributed by atoms with Crippen molar-refractivity contribution in [3.8, 4) is 0 Å². The molecule has 0 unspecified atom stereocenters. The van der Waals surface area contributed by atoms with E-state index in [1.165, 1.54) is 6.07 Å². The number of nitrogens with zero attached hydrogens (tertiary/aromatic N) is 1. The molecule has 1 aliphatic carbocycles. The number of aryl methyl sites for hydroxylation is 1. The van der Waals surface area contributed by atoms with Gasteiger partial charge < -0.3 is 14.9 Å². The topological polar surface area (TPSA) is 92.4 Å². The van der Waals surface area contributed by atoms with E-state index in [9.17, 15) is 14.7 Å². The normalized spacial score (nSPS) is 17.9. The first kappa shape index (κ1) is 13.6. The number of carbonyl (C=O) groups is 2. The molecule has 1 aromatic rings. The van der Waals surface area contributed by atoms with E-state index in [4.69, 9.17) is 4.52 Å². The monoisotopic (exact) mass is 266 g/mol. The summed E-state index contributed by atoms with van der Waals surface area (Å²) in [6.07, 6.45) is 4.07. The number of amides is 1. The number of aliphatic carboxylic acids is 1. The van der Waals surface area contributed by atoms with Crippen LogP contribution in [0.25, 0.3) is 0 Å². The van der Waals surface area contributed by atoms with Gasteiger partial charge in [0.25, 0.3) is 5.91 Å². The van der Waals surface area contributed by atoms with Crippen molar-refractivity contribution in [2.75, 3.05) is 6.54 Å². The van der Waals surface area contributed by atoms with E-state index in [2.05, 4.69) is 10.5 Å². The number of nitrogens with one attached hydrogen (secondary N) is 1. The molecule has 0 spiro atoms. The molecule has 1 heterocycles. The van der Waals surface area contributed by atoms with Gasteiger partial charge in [0, 0.05) is 12.6 Å². The highest BCUT2D eigenvalue weighted by molar-refractivity contribution is 5.92. The highest BCUT2D eigenvalue weighted by atomic mass is 16.5. The highest BCUT2D eigenvalue weighted by Gasteiger charge is 2.39. The molecule has 0 aliphatic heterocycles. The van der Waals surface area contributed by atoms with Crippen LogP contribution >= 0.6 is 0 Å². The first-order chi connectivity index (χ1) is 9.03. The Bertz CT molecular complexity index is 475. The number of carboxylic acid groups (broad SMARTS) is 1. The second-order valence-corrected chi connectivity index (χ2v) is 5.15. The van der Waals surface area contributed by atoms with Gasteiger partial charge in [0.2, 0.25) is 0 Å². The van der Waals surface area contributed by atoms with E-state index < -0.39 is 11.4 Å². The Morgan fingerprint density at radius 1 is 1.42 bits per heavy atom. The second-order valence-electron chi connectivity index (χ2n) is 5.15. The van der Waals surface area contributed by atoms with Gasteiger partial charge in [-0.3, -0.25) is 9.59 Å². The highest BCUT2D eigenvalue weighted by Crippen LogP contribution is 2.36. The number of hydrogen-bond donors (Lipinski definition) is 2. The molecule has 2 rings (SSSR count). The standard InChI is InChI=1S/C13H18N2O4/c1-9-7-10(15-19-9)11(16)14-8-13(12(17)18)5-3-2-4-6-13/h7H,2-6,8H2,1H3,(H,14,16)(H,17,18). The number of carbonyl (C=O) groups excluding carboxylic acids is 1. The molecule has 19 heavy (non-hydrogen) atoms. The fraction of sp³-hybridized carbons (Fsp3) is 0.615. The third-order valence-corrected chi connectivity index (χ3v) is 3.71. The van der Waals surface area contributed by atoms with Crippen molar-refractivity contribution in [3.63, 3.8) is 0 Å². The lowest BCUT2D eigenvalue weighted by Gasteiger charge is -2.33. The Hall–Kier alpha value is -1.85. The van der Waals surface area contributed by atoms with Gasteiger partial charge >= 0.3 is 5.97 Å². The molecule has 6 heteroatoms. The van der Waals surface area contributed by atoms with Gasteiger partial charge in [0.15, 0.2) is 5.69 Å². The lowest BCUT2D eigenvalue weighted by Crippen LogP contribution is -2.44. The quantitative estimate of drug-likeness (QED) is 0.866. The number of rotatable bonds is 4. The van der Waals surface area contributed by atoms with Crippen LogP contribution in [-0.2, 0) is 4.79 Å². The zero-order chi connectivity index (χ0) is 13.9. The van der Waals surface area contributed by atoms with Crippen molar-refractivity contribution in [1.29, 1.82) is 0 Å². The fourth-order valence-electron chi connectivity index (χ4n) is 2.51. The molecule has 1 amide bonds. The van der Waals surface area contributed by atoms with E-state index in [1.807, 2.05) is 0 Å². The summed E-state index contributed by atoms with van der Waals surface area (Å²) < 4.78 is 4.82. The van der Waals surface area contributed by atoms with Gasteiger partial charge in [-0.1, -0.05) is 24.4 Å². The van der Waals surface area contributed by atoms with Gasteiger partial charge in [-0.25, -0.2) is 0 Å². The van der Waals surface area contributed by atoms with Crippen LogP contribution in [0.3, 0.4) is 0 Å². The number of aromatic nitrogens is 1. The van der Waals surface area contributed by atoms with Gasteiger partial charge in [0.1, 0.15) is 5.76 Å². The zero-order valence-corrected chi connectivity index (χ0v) is 10.9. The predicted octanol–water partition coefficient (Wildman–Crippen LogP) is 1.75. The summed E-state index contributed by atoms with van der Waals surface area (Å²) in [5.41, 5.74) is -0.638.